The van der Waals surface area contributed by atoms with Crippen molar-refractivity contribution in [2.45, 2.75) is 96.7 Å². The fourth-order valence-electron chi connectivity index (χ4n) is 4.73. The van der Waals surface area contributed by atoms with Gasteiger partial charge in [0, 0.05) is 18.1 Å². The topological polar surface area (TPSA) is 15.3 Å². The van der Waals surface area contributed by atoms with Gasteiger partial charge in [-0.25, -0.2) is 0 Å². The van der Waals surface area contributed by atoms with E-state index in [1.165, 1.54) is 70.9 Å². The molecule has 1 heterocycles. The Bertz CT molecular complexity index is 266. The zero-order chi connectivity index (χ0) is 14.4. The Balaban J connectivity index is 2.03. The fourth-order valence-corrected chi connectivity index (χ4v) is 4.73. The molecule has 1 N–H and O–H groups in total. The van der Waals surface area contributed by atoms with Crippen LogP contribution in [0.4, 0.5) is 0 Å². The highest BCUT2D eigenvalue weighted by molar-refractivity contribution is 4.95. The maximum Gasteiger partial charge on any atom is 0.0249 e. The molecule has 2 heteroatoms. The second-order valence-electron chi connectivity index (χ2n) is 6.96. The molecule has 1 aliphatic carbocycles. The molecule has 0 spiro atoms. The number of nitrogens with one attached hydrogen (secondary N) is 1. The number of hydrogen-bond acceptors (Lipinski definition) is 2. The van der Waals surface area contributed by atoms with Crippen LogP contribution in [0.2, 0.25) is 0 Å². The first-order chi connectivity index (χ1) is 9.81. The summed E-state index contributed by atoms with van der Waals surface area (Å²) in [7, 11) is 0. The molecular formula is C18H36N2. The molecule has 4 unspecified atom stereocenters. The molecule has 4 atom stereocenters. The minimum atomic E-state index is 0.712. The summed E-state index contributed by atoms with van der Waals surface area (Å²) in [6, 6.07) is 2.40. The molecule has 0 aromatic rings. The fraction of sp³-hybridized carbons (Fsp3) is 1.00. The van der Waals surface area contributed by atoms with Gasteiger partial charge < -0.3 is 5.32 Å². The maximum absolute atomic E-state index is 3.86. The van der Waals surface area contributed by atoms with E-state index in [2.05, 4.69) is 31.0 Å². The Morgan fingerprint density at radius 1 is 1.05 bits per heavy atom. The minimum absolute atomic E-state index is 0.712. The maximum atomic E-state index is 3.86. The summed E-state index contributed by atoms with van der Waals surface area (Å²) in [4.78, 5) is 2.92. The van der Waals surface area contributed by atoms with Gasteiger partial charge in [0.2, 0.25) is 0 Å². The summed E-state index contributed by atoms with van der Waals surface area (Å²) < 4.78 is 0. The Morgan fingerprint density at radius 2 is 1.85 bits per heavy atom. The van der Waals surface area contributed by atoms with E-state index in [0.717, 1.165) is 18.0 Å². The molecule has 2 nitrogen and oxygen atoms in total. The van der Waals surface area contributed by atoms with Crippen molar-refractivity contribution in [2.75, 3.05) is 13.1 Å². The summed E-state index contributed by atoms with van der Waals surface area (Å²) >= 11 is 0. The van der Waals surface area contributed by atoms with Crippen molar-refractivity contribution in [2.24, 2.45) is 5.92 Å². The van der Waals surface area contributed by atoms with Crippen LogP contribution < -0.4 is 5.32 Å². The first kappa shape index (κ1) is 16.3. The van der Waals surface area contributed by atoms with Crippen LogP contribution in [0.15, 0.2) is 0 Å². The largest absolute Gasteiger partial charge is 0.312 e. The Hall–Kier alpha value is -0.0800. The van der Waals surface area contributed by atoms with Crippen molar-refractivity contribution >= 4 is 0 Å². The molecule has 20 heavy (non-hydrogen) atoms. The molecule has 1 aliphatic heterocycles. The monoisotopic (exact) mass is 280 g/mol. The molecule has 0 radical (unpaired) electrons. The zero-order valence-corrected chi connectivity index (χ0v) is 14.0. The van der Waals surface area contributed by atoms with E-state index in [1.807, 2.05) is 0 Å². The Kier molecular flexibility index (Phi) is 6.83. The molecule has 0 amide bonds. The van der Waals surface area contributed by atoms with Crippen LogP contribution >= 0.6 is 0 Å². The van der Waals surface area contributed by atoms with Gasteiger partial charge in [-0.3, -0.25) is 4.90 Å². The molecule has 2 rings (SSSR count). The molecule has 1 saturated carbocycles. The second kappa shape index (κ2) is 8.38. The van der Waals surface area contributed by atoms with Crippen molar-refractivity contribution in [3.8, 4) is 0 Å². The van der Waals surface area contributed by atoms with Crippen molar-refractivity contribution in [1.29, 1.82) is 0 Å². The molecule has 0 aromatic heterocycles. The summed E-state index contributed by atoms with van der Waals surface area (Å²) in [5, 5.41) is 3.86. The zero-order valence-electron chi connectivity index (χ0n) is 14.0. The lowest BCUT2D eigenvalue weighted by molar-refractivity contribution is 0.0447. The van der Waals surface area contributed by atoms with Gasteiger partial charge in [0.05, 0.1) is 0 Å². The van der Waals surface area contributed by atoms with Crippen molar-refractivity contribution < 1.29 is 0 Å². The van der Waals surface area contributed by atoms with Gasteiger partial charge in [0.15, 0.2) is 0 Å². The lowest BCUT2D eigenvalue weighted by Crippen LogP contribution is -2.56. The molecule has 1 saturated heterocycles. The predicted molar refractivity (Wildman–Crippen MR) is 88.1 cm³/mol. The third-order valence-corrected chi connectivity index (χ3v) is 5.60. The number of fused-ring (bicyclic) bond motifs is 1. The van der Waals surface area contributed by atoms with E-state index in [1.54, 1.807) is 0 Å². The van der Waals surface area contributed by atoms with Crippen LogP contribution in [0.25, 0.3) is 0 Å². The quantitative estimate of drug-likeness (QED) is 0.717. The molecule has 118 valence electrons. The Labute approximate surface area is 126 Å². The standard InChI is InChI=1S/C18H36N2/c1-4-9-16(19-13-5-2)17(6-3)20-14-8-11-15-10-7-12-18(15)20/h15-19H,4-14H2,1-3H3. The second-order valence-corrected chi connectivity index (χ2v) is 6.96. The van der Waals surface area contributed by atoms with Gasteiger partial charge in [-0.2, -0.15) is 0 Å². The molecule has 0 aromatic carbocycles. The number of rotatable bonds is 8. The predicted octanol–water partition coefficient (Wildman–Crippen LogP) is 4.20. The lowest BCUT2D eigenvalue weighted by atomic mass is 9.88. The number of nitrogens with zero attached hydrogens (tertiary/aromatic N) is 1. The highest BCUT2D eigenvalue weighted by Crippen LogP contribution is 2.38. The first-order valence-corrected chi connectivity index (χ1v) is 9.30. The van der Waals surface area contributed by atoms with Crippen LogP contribution in [0.5, 0.6) is 0 Å². The average molecular weight is 280 g/mol. The van der Waals surface area contributed by atoms with Crippen LogP contribution in [-0.4, -0.2) is 36.1 Å². The summed E-state index contributed by atoms with van der Waals surface area (Å²) in [5.41, 5.74) is 0. The van der Waals surface area contributed by atoms with Gasteiger partial charge >= 0.3 is 0 Å². The molecule has 2 fully saturated rings. The third-order valence-electron chi connectivity index (χ3n) is 5.60. The van der Waals surface area contributed by atoms with Crippen LogP contribution in [0.3, 0.4) is 0 Å². The number of hydrogen-bond donors (Lipinski definition) is 1. The van der Waals surface area contributed by atoms with Crippen molar-refractivity contribution in [3.63, 3.8) is 0 Å². The summed E-state index contributed by atoms with van der Waals surface area (Å²) in [5.74, 6) is 1.02. The van der Waals surface area contributed by atoms with E-state index in [4.69, 9.17) is 0 Å². The molecule has 0 bridgehead atoms. The van der Waals surface area contributed by atoms with Gasteiger partial charge in [-0.15, -0.1) is 0 Å². The van der Waals surface area contributed by atoms with Gasteiger partial charge in [-0.05, 0) is 64.0 Å². The van der Waals surface area contributed by atoms with Gasteiger partial charge in [0.25, 0.3) is 0 Å². The van der Waals surface area contributed by atoms with Crippen molar-refractivity contribution in [3.05, 3.63) is 0 Å². The van der Waals surface area contributed by atoms with E-state index < -0.39 is 0 Å². The van der Waals surface area contributed by atoms with E-state index in [-0.39, 0.29) is 0 Å². The molecule has 2 aliphatic rings. The third kappa shape index (κ3) is 3.76. The molecular weight excluding hydrogens is 244 g/mol. The van der Waals surface area contributed by atoms with E-state index in [9.17, 15) is 0 Å². The average Bonchev–Trinajstić information content (AvgIpc) is 2.94. The number of likely N-dealkylation sites (tertiary alicyclic amines) is 1. The Morgan fingerprint density at radius 3 is 2.55 bits per heavy atom. The highest BCUT2D eigenvalue weighted by atomic mass is 15.2. The smallest absolute Gasteiger partial charge is 0.0249 e. The van der Waals surface area contributed by atoms with E-state index in [0.29, 0.717) is 6.04 Å². The van der Waals surface area contributed by atoms with Crippen molar-refractivity contribution in [1.82, 2.24) is 10.2 Å². The van der Waals surface area contributed by atoms with Gasteiger partial charge in [0.1, 0.15) is 0 Å². The van der Waals surface area contributed by atoms with Crippen LogP contribution in [0.1, 0.15) is 78.6 Å². The van der Waals surface area contributed by atoms with Crippen LogP contribution in [0, 0.1) is 5.92 Å². The normalized spacial score (nSPS) is 30.1. The minimum Gasteiger partial charge on any atom is -0.312 e. The van der Waals surface area contributed by atoms with E-state index >= 15 is 0 Å². The van der Waals surface area contributed by atoms with Crippen LogP contribution in [-0.2, 0) is 0 Å². The summed E-state index contributed by atoms with van der Waals surface area (Å²) in [6.07, 6.45) is 12.6. The van der Waals surface area contributed by atoms with Gasteiger partial charge in [-0.1, -0.05) is 33.6 Å². The SMILES string of the molecule is CCCNC(CCC)C(CC)N1CCCC2CCCC21. The first-order valence-electron chi connectivity index (χ1n) is 9.30. The highest BCUT2D eigenvalue weighted by Gasteiger charge is 2.39. The lowest BCUT2D eigenvalue weighted by Gasteiger charge is -2.45. The summed E-state index contributed by atoms with van der Waals surface area (Å²) in [6.45, 7) is 9.56. The number of piperidine rings is 1.